The third kappa shape index (κ3) is 2.49. The van der Waals surface area contributed by atoms with Crippen LogP contribution in [-0.2, 0) is 0 Å². The average Bonchev–Trinajstić information content (AvgIpc) is 2.50. The maximum Gasteiger partial charge on any atom is 0.426 e. The van der Waals surface area contributed by atoms with Gasteiger partial charge in [-0.3, -0.25) is 0 Å². The third-order valence-electron chi connectivity index (χ3n) is 3.31. The van der Waals surface area contributed by atoms with Gasteiger partial charge in [-0.1, -0.05) is 45.4 Å². The molecule has 1 aliphatic rings. The third-order valence-corrected chi connectivity index (χ3v) is 3.65. The molecule has 0 heterocycles. The second-order valence-electron chi connectivity index (χ2n) is 5.13. The summed E-state index contributed by atoms with van der Waals surface area (Å²) in [6.07, 6.45) is -3.23. The van der Waals surface area contributed by atoms with Crippen molar-refractivity contribution in [2.75, 3.05) is 0 Å². The Balaban J connectivity index is 2.78. The van der Waals surface area contributed by atoms with Crippen molar-refractivity contribution in [3.63, 3.8) is 0 Å². The summed E-state index contributed by atoms with van der Waals surface area (Å²) in [6.45, 7) is 8.03. The summed E-state index contributed by atoms with van der Waals surface area (Å²) in [5.74, 6) is 0.638. The van der Waals surface area contributed by atoms with Gasteiger partial charge in [-0.25, -0.2) is 0 Å². The molecule has 88 valence electrons. The van der Waals surface area contributed by atoms with Gasteiger partial charge in [0.1, 0.15) is 5.03 Å². The van der Waals surface area contributed by atoms with Crippen LogP contribution in [0.2, 0.25) is 0 Å². The highest BCUT2D eigenvalue weighted by atomic mass is 35.5. The van der Waals surface area contributed by atoms with Gasteiger partial charge in [-0.2, -0.15) is 13.2 Å². The van der Waals surface area contributed by atoms with Crippen molar-refractivity contribution >= 4 is 11.6 Å². The first-order chi connectivity index (χ1) is 6.58. The van der Waals surface area contributed by atoms with Gasteiger partial charge in [0.2, 0.25) is 0 Å². The maximum absolute atomic E-state index is 12.2. The highest BCUT2D eigenvalue weighted by molar-refractivity contribution is 6.30. The fourth-order valence-electron chi connectivity index (χ4n) is 2.56. The number of allylic oxidation sites excluding steroid dienone is 2. The van der Waals surface area contributed by atoms with E-state index < -0.39 is 11.2 Å². The van der Waals surface area contributed by atoms with Gasteiger partial charge in [0.05, 0.1) is 0 Å². The van der Waals surface area contributed by atoms with E-state index in [4.69, 9.17) is 11.6 Å². The number of hydrogen-bond acceptors (Lipinski definition) is 0. The van der Waals surface area contributed by atoms with Crippen molar-refractivity contribution in [1.29, 1.82) is 0 Å². The molecule has 0 nitrogen and oxygen atoms in total. The van der Waals surface area contributed by atoms with Crippen LogP contribution in [0, 0.1) is 23.2 Å². The zero-order valence-corrected chi connectivity index (χ0v) is 10.1. The maximum atomic E-state index is 12.2. The molecule has 2 unspecified atom stereocenters. The molecule has 0 aromatic carbocycles. The Kier molecular flexibility index (Phi) is 3.17. The highest BCUT2D eigenvalue weighted by Crippen LogP contribution is 2.63. The van der Waals surface area contributed by atoms with Gasteiger partial charge in [-0.05, 0) is 23.2 Å². The highest BCUT2D eigenvalue weighted by Gasteiger charge is 2.58. The molecule has 0 N–H and O–H groups in total. The minimum Gasteiger partial charge on any atom is -0.165 e. The van der Waals surface area contributed by atoms with Crippen LogP contribution in [0.25, 0.3) is 0 Å². The topological polar surface area (TPSA) is 0 Å². The van der Waals surface area contributed by atoms with E-state index in [0.717, 1.165) is 0 Å². The molecule has 1 saturated carbocycles. The van der Waals surface area contributed by atoms with Gasteiger partial charge in [0, 0.05) is 0 Å². The predicted octanol–water partition coefficient (Wildman–Crippen LogP) is 4.60. The van der Waals surface area contributed by atoms with Crippen LogP contribution in [0.1, 0.15) is 27.7 Å². The molecule has 1 rings (SSSR count). The Bertz CT molecular complexity index is 276. The van der Waals surface area contributed by atoms with Crippen molar-refractivity contribution in [1.82, 2.24) is 0 Å². The number of alkyl halides is 3. The second kappa shape index (κ2) is 3.69. The zero-order chi connectivity index (χ0) is 12.0. The van der Waals surface area contributed by atoms with E-state index in [2.05, 4.69) is 0 Å². The molecule has 4 heteroatoms. The van der Waals surface area contributed by atoms with Crippen LogP contribution >= 0.6 is 11.6 Å². The largest absolute Gasteiger partial charge is 0.426 e. The van der Waals surface area contributed by atoms with Crippen LogP contribution in [0.15, 0.2) is 11.1 Å². The summed E-state index contributed by atoms with van der Waals surface area (Å²) in [7, 11) is 0. The molecule has 15 heavy (non-hydrogen) atoms. The zero-order valence-electron chi connectivity index (χ0n) is 9.32. The van der Waals surface area contributed by atoms with Crippen LogP contribution < -0.4 is 0 Å². The molecular weight excluding hydrogens is 225 g/mol. The van der Waals surface area contributed by atoms with E-state index in [0.29, 0.717) is 11.8 Å². The van der Waals surface area contributed by atoms with Crippen molar-refractivity contribution in [3.8, 4) is 0 Å². The molecular formula is C11H16ClF3. The molecule has 0 aliphatic heterocycles. The lowest BCUT2D eigenvalue weighted by atomic mass is 10.0. The molecule has 1 aliphatic carbocycles. The Morgan fingerprint density at radius 1 is 1.33 bits per heavy atom. The summed E-state index contributed by atoms with van der Waals surface area (Å²) >= 11 is 5.23. The Hall–Kier alpha value is -0.180. The van der Waals surface area contributed by atoms with E-state index >= 15 is 0 Å². The minimum absolute atomic E-state index is 0.0494. The average molecular weight is 241 g/mol. The molecule has 0 spiro atoms. The molecule has 2 atom stereocenters. The lowest BCUT2D eigenvalue weighted by molar-refractivity contribution is -0.0848. The Morgan fingerprint density at radius 3 is 2.07 bits per heavy atom. The normalized spacial score (nSPS) is 30.9. The first-order valence-electron chi connectivity index (χ1n) is 5.03. The van der Waals surface area contributed by atoms with Crippen molar-refractivity contribution in [3.05, 3.63) is 11.1 Å². The van der Waals surface area contributed by atoms with E-state index in [-0.39, 0.29) is 11.3 Å². The number of hydrogen-bond donors (Lipinski definition) is 0. The predicted molar refractivity (Wildman–Crippen MR) is 55.6 cm³/mol. The first kappa shape index (κ1) is 12.9. The van der Waals surface area contributed by atoms with Gasteiger partial charge < -0.3 is 0 Å². The first-order valence-corrected chi connectivity index (χ1v) is 5.40. The Labute approximate surface area is 93.5 Å². The van der Waals surface area contributed by atoms with E-state index in [1.165, 1.54) is 6.08 Å². The second-order valence-corrected chi connectivity index (χ2v) is 5.54. The fraction of sp³-hybridized carbons (Fsp3) is 0.818. The van der Waals surface area contributed by atoms with Crippen LogP contribution in [0.3, 0.4) is 0 Å². The molecule has 0 aromatic rings. The van der Waals surface area contributed by atoms with Crippen molar-refractivity contribution < 1.29 is 13.2 Å². The van der Waals surface area contributed by atoms with Crippen LogP contribution in [0.5, 0.6) is 0 Å². The fourth-order valence-corrected chi connectivity index (χ4v) is 2.70. The smallest absolute Gasteiger partial charge is 0.165 e. The van der Waals surface area contributed by atoms with Gasteiger partial charge >= 0.3 is 6.18 Å². The molecule has 1 fully saturated rings. The summed E-state index contributed by atoms with van der Waals surface area (Å²) in [5.41, 5.74) is -0.0560. The van der Waals surface area contributed by atoms with E-state index in [9.17, 15) is 13.2 Å². The molecule has 0 amide bonds. The standard InChI is InChI=1S/C11H16ClF3/c1-6(2)9-7(10(9,3)4)5-8(12)11(13,14)15/h5-7,9H,1-4H3/b8-5+. The lowest BCUT2D eigenvalue weighted by Gasteiger charge is -2.04. The molecule has 0 radical (unpaired) electrons. The summed E-state index contributed by atoms with van der Waals surface area (Å²) in [6, 6.07) is 0. The summed E-state index contributed by atoms with van der Waals surface area (Å²) < 4.78 is 36.7. The van der Waals surface area contributed by atoms with Crippen molar-refractivity contribution in [2.45, 2.75) is 33.9 Å². The van der Waals surface area contributed by atoms with Gasteiger partial charge in [0.15, 0.2) is 0 Å². The monoisotopic (exact) mass is 240 g/mol. The SMILES string of the molecule is CC(C)C1C(/C=C(/Cl)C(F)(F)F)C1(C)C. The van der Waals surface area contributed by atoms with E-state index in [1.807, 2.05) is 27.7 Å². The van der Waals surface area contributed by atoms with Gasteiger partial charge in [-0.15, -0.1) is 0 Å². The summed E-state index contributed by atoms with van der Waals surface area (Å²) in [4.78, 5) is 0. The van der Waals surface area contributed by atoms with Crippen LogP contribution in [-0.4, -0.2) is 6.18 Å². The minimum atomic E-state index is -4.40. The molecule has 0 saturated heterocycles. The number of rotatable bonds is 2. The lowest BCUT2D eigenvalue weighted by Crippen LogP contribution is -2.07. The molecule has 0 aromatic heterocycles. The van der Waals surface area contributed by atoms with Gasteiger partial charge in [0.25, 0.3) is 0 Å². The van der Waals surface area contributed by atoms with Crippen LogP contribution in [0.4, 0.5) is 13.2 Å². The van der Waals surface area contributed by atoms with E-state index in [1.54, 1.807) is 0 Å². The number of halogens is 4. The Morgan fingerprint density at radius 2 is 1.80 bits per heavy atom. The molecule has 0 bridgehead atoms. The quantitative estimate of drug-likeness (QED) is 0.662. The van der Waals surface area contributed by atoms with Crippen molar-refractivity contribution in [2.24, 2.45) is 23.2 Å². The summed E-state index contributed by atoms with van der Waals surface area (Å²) in [5, 5.41) is -0.983.